The van der Waals surface area contributed by atoms with E-state index in [0.29, 0.717) is 59.5 Å². The lowest BCUT2D eigenvalue weighted by molar-refractivity contribution is -0.168. The lowest BCUT2D eigenvalue weighted by Crippen LogP contribution is -2.52. The molecule has 1 saturated heterocycles. The van der Waals surface area contributed by atoms with Gasteiger partial charge in [0.25, 0.3) is 0 Å². The summed E-state index contributed by atoms with van der Waals surface area (Å²) in [6, 6.07) is 8.91. The number of hydrogen-bond acceptors (Lipinski definition) is 13. The van der Waals surface area contributed by atoms with Gasteiger partial charge in [-0.15, -0.1) is 0 Å². The molecule has 0 amide bonds. The highest BCUT2D eigenvalue weighted by molar-refractivity contribution is 8.76. The number of nitrogen functional groups attached to an aromatic ring is 2. The number of aryl methyl sites for hydroxylation is 2. The zero-order valence-corrected chi connectivity index (χ0v) is 29.8. The first kappa shape index (κ1) is 33.6. The number of aromatic hydroxyl groups is 1. The van der Waals surface area contributed by atoms with Crippen LogP contribution in [0.25, 0.3) is 22.2 Å². The van der Waals surface area contributed by atoms with Gasteiger partial charge in [-0.25, -0.2) is 14.8 Å². The predicted molar refractivity (Wildman–Crippen MR) is 192 cm³/mol. The fourth-order valence-corrected chi connectivity index (χ4v) is 9.05. The number of benzene rings is 1. The molecule has 0 saturated carbocycles. The number of carbonyl (C=O) groups is 1. The maximum atomic E-state index is 13.8. The molecule has 3 aromatic heterocycles. The maximum Gasteiger partial charge on any atom is 0.341 e. The third kappa shape index (κ3) is 6.21. The molecule has 1 aromatic carbocycles. The Morgan fingerprint density at radius 3 is 2.59 bits per heavy atom. The Kier molecular flexibility index (Phi) is 8.51. The quantitative estimate of drug-likeness (QED) is 0.116. The molecule has 0 unspecified atom stereocenters. The normalized spacial score (nSPS) is 25.6. The third-order valence-electron chi connectivity index (χ3n) is 9.81. The number of hydrogen-bond donors (Lipinski definition) is 3. The lowest BCUT2D eigenvalue weighted by atomic mass is 9.86. The van der Waals surface area contributed by atoms with Crippen LogP contribution in [0.3, 0.4) is 0 Å². The number of pyridine rings is 2. The minimum atomic E-state index is -1.14. The Morgan fingerprint density at radius 1 is 1.02 bits per heavy atom. The Hall–Kier alpha value is -3.94. The average Bonchev–Trinajstić information content (AvgIpc) is 3.70. The molecule has 4 atom stereocenters. The summed E-state index contributed by atoms with van der Waals surface area (Å²) in [5.41, 5.74) is 15.5. The van der Waals surface area contributed by atoms with Gasteiger partial charge in [0.05, 0.1) is 11.8 Å². The first-order valence-corrected chi connectivity index (χ1v) is 18.9. The molecule has 49 heavy (non-hydrogen) atoms. The second-order valence-corrected chi connectivity index (χ2v) is 16.4. The van der Waals surface area contributed by atoms with Gasteiger partial charge in [0, 0.05) is 58.9 Å². The Labute approximate surface area is 291 Å². The van der Waals surface area contributed by atoms with Crippen LogP contribution in [0.4, 0.5) is 11.6 Å². The van der Waals surface area contributed by atoms with Crippen molar-refractivity contribution in [3.05, 3.63) is 68.7 Å². The van der Waals surface area contributed by atoms with Crippen molar-refractivity contribution >= 4 is 50.2 Å². The molecule has 4 aromatic rings. The summed E-state index contributed by atoms with van der Waals surface area (Å²) in [6.07, 6.45) is 0.692. The van der Waals surface area contributed by atoms with Gasteiger partial charge in [0.1, 0.15) is 51.6 Å². The molecular weight excluding hydrogens is 665 g/mol. The Morgan fingerprint density at radius 2 is 1.82 bits per heavy atom. The van der Waals surface area contributed by atoms with Crippen LogP contribution >= 0.6 is 21.6 Å². The highest BCUT2D eigenvalue weighted by Crippen LogP contribution is 2.47. The van der Waals surface area contributed by atoms with Crippen molar-refractivity contribution in [2.75, 3.05) is 17.2 Å². The van der Waals surface area contributed by atoms with Gasteiger partial charge in [0.2, 0.25) is 0 Å². The van der Waals surface area contributed by atoms with Crippen LogP contribution in [-0.2, 0) is 32.9 Å². The van der Waals surface area contributed by atoms with Crippen molar-refractivity contribution in [2.45, 2.75) is 95.4 Å². The van der Waals surface area contributed by atoms with Gasteiger partial charge in [-0.3, -0.25) is 4.79 Å². The molecule has 1 fully saturated rings. The number of fused-ring (bicyclic) bond motifs is 8. The van der Waals surface area contributed by atoms with E-state index in [4.69, 9.17) is 40.1 Å². The fourth-order valence-electron chi connectivity index (χ4n) is 6.73. The summed E-state index contributed by atoms with van der Waals surface area (Å²) in [5.74, 6) is 2.35. The van der Waals surface area contributed by atoms with Crippen molar-refractivity contribution in [2.24, 2.45) is 0 Å². The molecule has 3 aliphatic heterocycles. The highest BCUT2D eigenvalue weighted by atomic mass is 33.1. The van der Waals surface area contributed by atoms with E-state index in [1.807, 2.05) is 19.1 Å². The van der Waals surface area contributed by atoms with E-state index in [2.05, 4.69) is 19.9 Å². The van der Waals surface area contributed by atoms with E-state index in [1.165, 1.54) is 6.07 Å². The molecular formula is C36H40N4O7S2. The summed E-state index contributed by atoms with van der Waals surface area (Å²) in [6.45, 7) is 9.49. The van der Waals surface area contributed by atoms with Crippen molar-refractivity contribution in [3.8, 4) is 22.8 Å². The third-order valence-corrected chi connectivity index (χ3v) is 12.1. The molecule has 7 rings (SSSR count). The van der Waals surface area contributed by atoms with E-state index in [0.717, 1.165) is 28.1 Å². The molecule has 0 aliphatic carbocycles. The van der Waals surface area contributed by atoms with Crippen LogP contribution in [0.1, 0.15) is 74.6 Å². The molecule has 13 heteroatoms. The SMILES string of the molecule is Cc1cc(=O)c2c(O)c3c(cc2o1)O[C@@]1(C)CCSSCc2c(cc(C(C)C)nc2N)-c2cc(cc(N)n2)CC[C@@H]2O[C@]2(C)C(=O)O[C@H]1C3. The van der Waals surface area contributed by atoms with Gasteiger partial charge < -0.3 is 35.2 Å². The molecule has 258 valence electrons. The number of epoxide rings is 1. The van der Waals surface area contributed by atoms with E-state index in [-0.39, 0.29) is 40.6 Å². The van der Waals surface area contributed by atoms with Gasteiger partial charge in [-0.05, 0) is 63.3 Å². The number of phenols is 1. The second-order valence-electron chi connectivity index (χ2n) is 13.8. The topological polar surface area (TPSA) is 176 Å². The summed E-state index contributed by atoms with van der Waals surface area (Å²) >= 11 is 0. The number of rotatable bonds is 1. The van der Waals surface area contributed by atoms with E-state index >= 15 is 0 Å². The molecule has 0 radical (unpaired) electrons. The molecule has 11 nitrogen and oxygen atoms in total. The summed E-state index contributed by atoms with van der Waals surface area (Å²) in [4.78, 5) is 36.0. The number of phenolic OH excluding ortho intramolecular Hbond substituents is 1. The van der Waals surface area contributed by atoms with Crippen LogP contribution in [0.5, 0.6) is 11.5 Å². The van der Waals surface area contributed by atoms with Crippen LogP contribution < -0.4 is 21.6 Å². The zero-order valence-electron chi connectivity index (χ0n) is 28.1. The molecule has 5 N–H and O–H groups in total. The number of nitrogens with two attached hydrogens (primary N) is 2. The van der Waals surface area contributed by atoms with Gasteiger partial charge >= 0.3 is 5.97 Å². The Balaban J connectivity index is 1.24. The van der Waals surface area contributed by atoms with Gasteiger partial charge in [-0.1, -0.05) is 35.4 Å². The van der Waals surface area contributed by atoms with Crippen LogP contribution in [-0.4, -0.2) is 50.2 Å². The lowest BCUT2D eigenvalue weighted by Gasteiger charge is -2.42. The number of anilines is 2. The molecule has 3 aliphatic rings. The number of esters is 1. The average molecular weight is 705 g/mol. The monoisotopic (exact) mass is 704 g/mol. The van der Waals surface area contributed by atoms with Crippen LogP contribution in [0, 0.1) is 6.92 Å². The standard InChI is InChI=1S/C36H40N4O7S2/c1-17(2)23-13-20-22(33(38)40-23)16-49-48-9-8-35(4)29(14-21-26(46-35)15-27-31(32(21)42)25(41)10-18(3)44-27)45-34(43)36(5)28(47-36)7-6-19-11-24(20)39-30(37)12-19/h10-13,15,17,28-29,42H,6-9,14,16H2,1-5H3,(H2,37,39)(H2,38,40)/t28-,29-,35-,36-/m0/s1. The predicted octanol–water partition coefficient (Wildman–Crippen LogP) is 6.23. The fraction of sp³-hybridized carbons (Fsp3) is 0.444. The van der Waals surface area contributed by atoms with Crippen LogP contribution in [0.15, 0.2) is 39.5 Å². The van der Waals surface area contributed by atoms with Crippen molar-refractivity contribution < 1.29 is 28.5 Å². The van der Waals surface area contributed by atoms with Crippen LogP contribution in [0.2, 0.25) is 0 Å². The number of carbonyl (C=O) groups excluding carboxylic acids is 1. The van der Waals surface area contributed by atoms with E-state index < -0.39 is 23.3 Å². The second kappa shape index (κ2) is 12.4. The number of nitrogens with zero attached hydrogens (tertiary/aromatic N) is 2. The smallest absolute Gasteiger partial charge is 0.341 e. The van der Waals surface area contributed by atoms with E-state index in [1.54, 1.807) is 41.5 Å². The summed E-state index contributed by atoms with van der Waals surface area (Å²) < 4.78 is 24.6. The number of aromatic nitrogens is 2. The first-order chi connectivity index (χ1) is 23.3. The minimum absolute atomic E-state index is 0.0713. The van der Waals surface area contributed by atoms with Gasteiger partial charge in [0.15, 0.2) is 11.0 Å². The Bertz CT molecular complexity index is 2050. The molecule has 2 bridgehead atoms. The number of ether oxygens (including phenoxy) is 3. The largest absolute Gasteiger partial charge is 0.507 e. The minimum Gasteiger partial charge on any atom is -0.507 e. The van der Waals surface area contributed by atoms with Crippen molar-refractivity contribution in [3.63, 3.8) is 0 Å². The highest BCUT2D eigenvalue weighted by Gasteiger charge is 2.60. The van der Waals surface area contributed by atoms with Crippen molar-refractivity contribution in [1.29, 1.82) is 0 Å². The molecule has 6 heterocycles. The first-order valence-electron chi connectivity index (χ1n) is 16.4. The molecule has 0 spiro atoms. The van der Waals surface area contributed by atoms with E-state index in [9.17, 15) is 14.7 Å². The maximum absolute atomic E-state index is 13.8. The zero-order chi connectivity index (χ0) is 34.8. The summed E-state index contributed by atoms with van der Waals surface area (Å²) in [7, 11) is 3.28. The van der Waals surface area contributed by atoms with Crippen molar-refractivity contribution in [1.82, 2.24) is 9.97 Å². The summed E-state index contributed by atoms with van der Waals surface area (Å²) in [5, 5.41) is 11.4. The van der Waals surface area contributed by atoms with Gasteiger partial charge in [-0.2, -0.15) is 0 Å².